The molecule has 0 radical (unpaired) electrons. The zero-order valence-electron chi connectivity index (χ0n) is 8.25. The van der Waals surface area contributed by atoms with Crippen molar-refractivity contribution in [1.82, 2.24) is 10.2 Å². The maximum absolute atomic E-state index is 5.98. The van der Waals surface area contributed by atoms with Gasteiger partial charge in [0.15, 0.2) is 0 Å². The first-order valence-electron chi connectivity index (χ1n) is 4.49. The van der Waals surface area contributed by atoms with E-state index < -0.39 is 0 Å². The van der Waals surface area contributed by atoms with Crippen LogP contribution in [-0.4, -0.2) is 16.5 Å². The Hall–Kier alpha value is -1.33. The van der Waals surface area contributed by atoms with Crippen LogP contribution in [0.4, 0.5) is 0 Å². The van der Waals surface area contributed by atoms with E-state index in [1.165, 1.54) is 11.8 Å². The van der Waals surface area contributed by atoms with Crippen LogP contribution in [-0.2, 0) is 0 Å². The molecule has 0 saturated heterocycles. The lowest BCUT2D eigenvalue weighted by Gasteiger charge is -2.05. The van der Waals surface area contributed by atoms with E-state index in [1.54, 1.807) is 0 Å². The summed E-state index contributed by atoms with van der Waals surface area (Å²) in [5, 5.41) is 8.29. The average molecular weight is 221 g/mol. The van der Waals surface area contributed by atoms with Crippen molar-refractivity contribution in [3.63, 3.8) is 0 Å². The zero-order chi connectivity index (χ0) is 10.7. The highest BCUT2D eigenvalue weighted by atomic mass is 32.2. The minimum atomic E-state index is -0.348. The van der Waals surface area contributed by atoms with Crippen LogP contribution in [0, 0.1) is 0 Å². The van der Waals surface area contributed by atoms with E-state index in [2.05, 4.69) is 10.2 Å². The quantitative estimate of drug-likeness (QED) is 0.801. The van der Waals surface area contributed by atoms with Crippen LogP contribution in [0.5, 0.6) is 0 Å². The predicted octanol–water partition coefficient (Wildman–Crippen LogP) is 1.84. The molecule has 0 spiro atoms. The number of rotatable bonds is 3. The Morgan fingerprint density at radius 2 is 2.00 bits per heavy atom. The molecule has 2 aromatic rings. The topological polar surface area (TPSA) is 64.9 Å². The summed E-state index contributed by atoms with van der Waals surface area (Å²) in [6.07, 6.45) is 1.88. The Morgan fingerprint density at radius 1 is 1.27 bits per heavy atom. The van der Waals surface area contributed by atoms with Gasteiger partial charge in [-0.25, -0.2) is 0 Å². The van der Waals surface area contributed by atoms with E-state index in [1.807, 2.05) is 36.6 Å². The molecule has 0 aliphatic heterocycles. The molecular formula is C10H11N3OS. The first-order chi connectivity index (χ1) is 7.31. The molecule has 2 N–H and O–H groups in total. The lowest BCUT2D eigenvalue weighted by Crippen LogP contribution is -2.11. The molecule has 0 fully saturated rings. The highest BCUT2D eigenvalue weighted by molar-refractivity contribution is 7.98. The van der Waals surface area contributed by atoms with Crippen LogP contribution in [0.1, 0.15) is 17.5 Å². The fourth-order valence-corrected chi connectivity index (χ4v) is 1.52. The molecule has 4 nitrogen and oxygen atoms in total. The largest absolute Gasteiger partial charge is 0.414 e. The minimum Gasteiger partial charge on any atom is -0.414 e. The van der Waals surface area contributed by atoms with E-state index in [0.717, 1.165) is 5.56 Å². The van der Waals surface area contributed by atoms with Gasteiger partial charge in [-0.05, 0) is 11.8 Å². The van der Waals surface area contributed by atoms with Gasteiger partial charge in [-0.3, -0.25) is 0 Å². The first-order valence-corrected chi connectivity index (χ1v) is 5.71. The maximum atomic E-state index is 5.98. The number of thioether (sulfide) groups is 1. The van der Waals surface area contributed by atoms with Gasteiger partial charge in [-0.15, -0.1) is 10.2 Å². The highest BCUT2D eigenvalue weighted by Crippen LogP contribution is 2.20. The summed E-state index contributed by atoms with van der Waals surface area (Å²) in [5.74, 6) is 0.450. The van der Waals surface area contributed by atoms with E-state index in [0.29, 0.717) is 11.1 Å². The van der Waals surface area contributed by atoms with Crippen molar-refractivity contribution in [2.24, 2.45) is 5.73 Å². The molecule has 1 heterocycles. The number of nitrogens with two attached hydrogens (primary N) is 1. The SMILES string of the molecule is CSc1nnc(C(N)c2ccccc2)o1. The summed E-state index contributed by atoms with van der Waals surface area (Å²) in [7, 11) is 0. The molecule has 1 aromatic carbocycles. The van der Waals surface area contributed by atoms with Crippen LogP contribution in [0.15, 0.2) is 40.0 Å². The third kappa shape index (κ3) is 2.19. The summed E-state index contributed by atoms with van der Waals surface area (Å²) in [6, 6.07) is 9.33. The Balaban J connectivity index is 2.24. The smallest absolute Gasteiger partial charge is 0.276 e. The summed E-state index contributed by atoms with van der Waals surface area (Å²) < 4.78 is 5.36. The first kappa shape index (κ1) is 10.2. The number of aromatic nitrogens is 2. The molecule has 0 amide bonds. The fourth-order valence-electron chi connectivity index (χ4n) is 1.23. The molecule has 0 bridgehead atoms. The standard InChI is InChI=1S/C10H11N3OS/c1-15-10-13-12-9(14-10)8(11)7-5-3-2-4-6-7/h2-6,8H,11H2,1H3. The van der Waals surface area contributed by atoms with Gasteiger partial charge in [-0.2, -0.15) is 0 Å². The Labute approximate surface area is 91.9 Å². The van der Waals surface area contributed by atoms with Crippen LogP contribution < -0.4 is 5.73 Å². The Kier molecular flexibility index (Phi) is 3.03. The normalized spacial score (nSPS) is 12.7. The molecule has 78 valence electrons. The van der Waals surface area contributed by atoms with E-state index in [4.69, 9.17) is 10.2 Å². The summed E-state index contributed by atoms with van der Waals surface area (Å²) in [6.45, 7) is 0. The molecule has 0 aliphatic carbocycles. The monoisotopic (exact) mass is 221 g/mol. The molecule has 5 heteroatoms. The molecule has 2 rings (SSSR count). The second kappa shape index (κ2) is 4.46. The zero-order valence-corrected chi connectivity index (χ0v) is 9.07. The molecule has 0 aliphatic rings. The highest BCUT2D eigenvalue weighted by Gasteiger charge is 2.15. The maximum Gasteiger partial charge on any atom is 0.276 e. The lowest BCUT2D eigenvalue weighted by atomic mass is 10.1. The van der Waals surface area contributed by atoms with E-state index >= 15 is 0 Å². The number of hydrogen-bond acceptors (Lipinski definition) is 5. The van der Waals surface area contributed by atoms with E-state index in [-0.39, 0.29) is 6.04 Å². The van der Waals surface area contributed by atoms with Gasteiger partial charge in [-0.1, -0.05) is 42.1 Å². The van der Waals surface area contributed by atoms with Crippen molar-refractivity contribution in [3.05, 3.63) is 41.8 Å². The average Bonchev–Trinajstić information content (AvgIpc) is 2.78. The summed E-state index contributed by atoms with van der Waals surface area (Å²) in [4.78, 5) is 0. The van der Waals surface area contributed by atoms with Crippen LogP contribution in [0.25, 0.3) is 0 Å². The summed E-state index contributed by atoms with van der Waals surface area (Å²) >= 11 is 1.41. The van der Waals surface area contributed by atoms with Gasteiger partial charge in [0.05, 0.1) is 0 Å². The third-order valence-electron chi connectivity index (χ3n) is 2.02. The number of benzene rings is 1. The van der Waals surface area contributed by atoms with Gasteiger partial charge < -0.3 is 10.2 Å². The van der Waals surface area contributed by atoms with Crippen LogP contribution >= 0.6 is 11.8 Å². The van der Waals surface area contributed by atoms with Gasteiger partial charge in [0.1, 0.15) is 6.04 Å². The Bertz CT molecular complexity index is 429. The summed E-state index contributed by atoms with van der Waals surface area (Å²) in [5.41, 5.74) is 6.95. The van der Waals surface area contributed by atoms with Crippen molar-refractivity contribution in [2.45, 2.75) is 11.3 Å². The van der Waals surface area contributed by atoms with Gasteiger partial charge >= 0.3 is 0 Å². The predicted molar refractivity (Wildman–Crippen MR) is 58.6 cm³/mol. The molecule has 15 heavy (non-hydrogen) atoms. The van der Waals surface area contributed by atoms with Crippen molar-refractivity contribution in [3.8, 4) is 0 Å². The minimum absolute atomic E-state index is 0.348. The number of hydrogen-bond donors (Lipinski definition) is 1. The number of nitrogens with zero attached hydrogens (tertiary/aromatic N) is 2. The molecule has 1 aromatic heterocycles. The second-order valence-electron chi connectivity index (χ2n) is 3.00. The van der Waals surface area contributed by atoms with E-state index in [9.17, 15) is 0 Å². The van der Waals surface area contributed by atoms with Crippen molar-refractivity contribution >= 4 is 11.8 Å². The van der Waals surface area contributed by atoms with Gasteiger partial charge in [0.2, 0.25) is 5.89 Å². The molecule has 1 atom stereocenters. The Morgan fingerprint density at radius 3 is 2.60 bits per heavy atom. The molecule has 0 saturated carbocycles. The van der Waals surface area contributed by atoms with Crippen molar-refractivity contribution < 1.29 is 4.42 Å². The fraction of sp³-hybridized carbons (Fsp3) is 0.200. The third-order valence-corrected chi connectivity index (χ3v) is 2.54. The van der Waals surface area contributed by atoms with Crippen LogP contribution in [0.3, 0.4) is 0 Å². The molecular weight excluding hydrogens is 210 g/mol. The van der Waals surface area contributed by atoms with Gasteiger partial charge in [0.25, 0.3) is 5.22 Å². The van der Waals surface area contributed by atoms with Crippen LogP contribution in [0.2, 0.25) is 0 Å². The lowest BCUT2D eigenvalue weighted by molar-refractivity contribution is 0.401. The van der Waals surface area contributed by atoms with Crippen molar-refractivity contribution in [2.75, 3.05) is 6.26 Å². The van der Waals surface area contributed by atoms with Gasteiger partial charge in [0, 0.05) is 0 Å². The van der Waals surface area contributed by atoms with Crippen molar-refractivity contribution in [1.29, 1.82) is 0 Å². The molecule has 1 unspecified atom stereocenters. The second-order valence-corrected chi connectivity index (χ2v) is 3.76.